The second-order valence-electron chi connectivity index (χ2n) is 2.82. The van der Waals surface area contributed by atoms with E-state index in [-0.39, 0.29) is 5.56 Å². The maximum absolute atomic E-state index is 10.7. The number of aromatic carboxylic acids is 1. The average molecular weight is 271 g/mol. The third-order valence-corrected chi connectivity index (χ3v) is 2.24. The molecule has 0 aliphatic carbocycles. The fourth-order valence-corrected chi connectivity index (χ4v) is 1.34. The molecule has 1 N–H and O–H groups in total. The lowest BCUT2D eigenvalue weighted by Gasteiger charge is -2.05. The number of carboxylic acid groups (broad SMARTS) is 1. The molecule has 15 heavy (non-hydrogen) atoms. The minimum absolute atomic E-state index is 0.225. The van der Waals surface area contributed by atoms with Gasteiger partial charge in [0.15, 0.2) is 0 Å². The van der Waals surface area contributed by atoms with Gasteiger partial charge in [0.1, 0.15) is 5.75 Å². The molecule has 0 amide bonds. The number of alkyl halides is 1. The highest BCUT2D eigenvalue weighted by Gasteiger charge is 2.06. The summed E-state index contributed by atoms with van der Waals surface area (Å²) in [5, 5.41) is 9.54. The number of carboxylic acids is 1. The standard InChI is InChI=1S/C11H11BrO3/c1-15-10-7-9(11(13)14)5-4-8(10)3-2-6-12/h2-5,7H,6H2,1H3,(H,13,14). The van der Waals surface area contributed by atoms with Crippen molar-refractivity contribution in [2.45, 2.75) is 0 Å². The Morgan fingerprint density at radius 1 is 1.60 bits per heavy atom. The van der Waals surface area contributed by atoms with E-state index in [1.54, 1.807) is 12.1 Å². The molecule has 0 saturated carbocycles. The summed E-state index contributed by atoms with van der Waals surface area (Å²) < 4.78 is 5.10. The third kappa shape index (κ3) is 3.09. The van der Waals surface area contributed by atoms with Gasteiger partial charge in [0.2, 0.25) is 0 Å². The Hall–Kier alpha value is -1.29. The molecule has 4 heteroatoms. The van der Waals surface area contributed by atoms with Crippen LogP contribution in [0, 0.1) is 0 Å². The van der Waals surface area contributed by atoms with Gasteiger partial charge in [-0.05, 0) is 12.1 Å². The number of hydrogen-bond acceptors (Lipinski definition) is 2. The van der Waals surface area contributed by atoms with Crippen LogP contribution in [0.15, 0.2) is 24.3 Å². The van der Waals surface area contributed by atoms with Gasteiger partial charge in [-0.2, -0.15) is 0 Å². The molecule has 0 atom stereocenters. The molecule has 1 aromatic carbocycles. The predicted molar refractivity (Wildman–Crippen MR) is 62.8 cm³/mol. The molecule has 0 aliphatic heterocycles. The molecule has 0 bridgehead atoms. The summed E-state index contributed by atoms with van der Waals surface area (Å²) in [7, 11) is 1.52. The Morgan fingerprint density at radius 3 is 2.87 bits per heavy atom. The molecule has 0 saturated heterocycles. The monoisotopic (exact) mass is 270 g/mol. The van der Waals surface area contributed by atoms with Crippen LogP contribution in [0.5, 0.6) is 5.75 Å². The van der Waals surface area contributed by atoms with Gasteiger partial charge < -0.3 is 9.84 Å². The highest BCUT2D eigenvalue weighted by atomic mass is 79.9. The van der Waals surface area contributed by atoms with Crippen molar-refractivity contribution in [1.29, 1.82) is 0 Å². The first-order valence-corrected chi connectivity index (χ1v) is 5.45. The second kappa shape index (κ2) is 5.56. The van der Waals surface area contributed by atoms with E-state index in [1.165, 1.54) is 13.2 Å². The van der Waals surface area contributed by atoms with E-state index in [2.05, 4.69) is 15.9 Å². The Labute approximate surface area is 96.5 Å². The van der Waals surface area contributed by atoms with Crippen molar-refractivity contribution in [3.05, 3.63) is 35.4 Å². The van der Waals surface area contributed by atoms with Crippen molar-refractivity contribution in [2.75, 3.05) is 12.4 Å². The van der Waals surface area contributed by atoms with Crippen LogP contribution in [0.2, 0.25) is 0 Å². The Bertz CT molecular complexity index is 385. The fourth-order valence-electron chi connectivity index (χ4n) is 1.15. The first kappa shape index (κ1) is 11.8. The molecule has 0 fully saturated rings. The zero-order chi connectivity index (χ0) is 11.3. The number of methoxy groups -OCH3 is 1. The smallest absolute Gasteiger partial charge is 0.335 e. The lowest BCUT2D eigenvalue weighted by atomic mass is 10.1. The maximum Gasteiger partial charge on any atom is 0.335 e. The summed E-state index contributed by atoms with van der Waals surface area (Å²) in [5.41, 5.74) is 1.09. The van der Waals surface area contributed by atoms with Gasteiger partial charge in [0.25, 0.3) is 0 Å². The van der Waals surface area contributed by atoms with Crippen LogP contribution in [0.3, 0.4) is 0 Å². The number of allylic oxidation sites excluding steroid dienone is 1. The molecule has 1 rings (SSSR count). The Morgan fingerprint density at radius 2 is 2.33 bits per heavy atom. The summed E-state index contributed by atoms with van der Waals surface area (Å²) in [6, 6.07) is 4.79. The van der Waals surface area contributed by atoms with Crippen LogP contribution >= 0.6 is 15.9 Å². The topological polar surface area (TPSA) is 46.5 Å². The highest BCUT2D eigenvalue weighted by molar-refractivity contribution is 9.09. The molecule has 1 aromatic rings. The van der Waals surface area contributed by atoms with Gasteiger partial charge in [-0.15, -0.1) is 0 Å². The Kier molecular flexibility index (Phi) is 4.37. The van der Waals surface area contributed by atoms with Crippen molar-refractivity contribution < 1.29 is 14.6 Å². The number of hydrogen-bond donors (Lipinski definition) is 1. The zero-order valence-electron chi connectivity index (χ0n) is 8.24. The second-order valence-corrected chi connectivity index (χ2v) is 3.47. The minimum atomic E-state index is -0.954. The van der Waals surface area contributed by atoms with Gasteiger partial charge in [-0.25, -0.2) is 4.79 Å². The van der Waals surface area contributed by atoms with E-state index < -0.39 is 5.97 Å². The number of rotatable bonds is 4. The molecule has 0 heterocycles. The van der Waals surface area contributed by atoms with E-state index in [4.69, 9.17) is 9.84 Å². The molecular weight excluding hydrogens is 260 g/mol. The highest BCUT2D eigenvalue weighted by Crippen LogP contribution is 2.21. The summed E-state index contributed by atoms with van der Waals surface area (Å²) >= 11 is 3.27. The summed E-state index contributed by atoms with van der Waals surface area (Å²) in [5.74, 6) is -0.392. The number of ether oxygens (including phenoxy) is 1. The third-order valence-electron chi connectivity index (χ3n) is 1.87. The van der Waals surface area contributed by atoms with Gasteiger partial charge in [-0.1, -0.05) is 34.1 Å². The lowest BCUT2D eigenvalue weighted by molar-refractivity contribution is 0.0696. The van der Waals surface area contributed by atoms with Crippen molar-refractivity contribution in [2.24, 2.45) is 0 Å². The largest absolute Gasteiger partial charge is 0.496 e. The first-order chi connectivity index (χ1) is 7.19. The van der Waals surface area contributed by atoms with Gasteiger partial charge in [0, 0.05) is 10.9 Å². The molecule has 3 nitrogen and oxygen atoms in total. The van der Waals surface area contributed by atoms with Crippen molar-refractivity contribution >= 4 is 28.0 Å². The number of benzene rings is 1. The first-order valence-electron chi connectivity index (χ1n) is 4.33. The van der Waals surface area contributed by atoms with Gasteiger partial charge in [-0.3, -0.25) is 0 Å². The van der Waals surface area contributed by atoms with E-state index in [1.807, 2.05) is 12.2 Å². The van der Waals surface area contributed by atoms with Crippen LogP contribution in [0.4, 0.5) is 0 Å². The summed E-state index contributed by atoms with van der Waals surface area (Å²) in [6.45, 7) is 0. The van der Waals surface area contributed by atoms with Crippen LogP contribution < -0.4 is 4.74 Å². The molecule has 0 aromatic heterocycles. The van der Waals surface area contributed by atoms with E-state index in [9.17, 15) is 4.79 Å². The molecule has 0 unspecified atom stereocenters. The Balaban J connectivity index is 3.09. The normalized spacial score (nSPS) is 10.5. The summed E-state index contributed by atoms with van der Waals surface area (Å²) in [4.78, 5) is 10.7. The number of halogens is 1. The van der Waals surface area contributed by atoms with Crippen LogP contribution in [0.1, 0.15) is 15.9 Å². The quantitative estimate of drug-likeness (QED) is 0.856. The van der Waals surface area contributed by atoms with Crippen molar-refractivity contribution in [3.63, 3.8) is 0 Å². The number of carbonyl (C=O) groups is 1. The van der Waals surface area contributed by atoms with Gasteiger partial charge in [0.05, 0.1) is 12.7 Å². The van der Waals surface area contributed by atoms with Crippen molar-refractivity contribution in [3.8, 4) is 5.75 Å². The molecule has 0 radical (unpaired) electrons. The van der Waals surface area contributed by atoms with Crippen LogP contribution in [-0.4, -0.2) is 23.5 Å². The molecular formula is C11H11BrO3. The fraction of sp³-hybridized carbons (Fsp3) is 0.182. The van der Waals surface area contributed by atoms with Crippen LogP contribution in [0.25, 0.3) is 6.08 Å². The molecule has 80 valence electrons. The SMILES string of the molecule is COc1cc(C(=O)O)ccc1C=CCBr. The molecule has 0 aliphatic rings. The van der Waals surface area contributed by atoms with E-state index >= 15 is 0 Å². The van der Waals surface area contributed by atoms with Crippen molar-refractivity contribution in [1.82, 2.24) is 0 Å². The van der Waals surface area contributed by atoms with Crippen LogP contribution in [-0.2, 0) is 0 Å². The minimum Gasteiger partial charge on any atom is -0.496 e. The molecule has 0 spiro atoms. The lowest BCUT2D eigenvalue weighted by Crippen LogP contribution is -1.97. The zero-order valence-corrected chi connectivity index (χ0v) is 9.82. The summed E-state index contributed by atoms with van der Waals surface area (Å²) in [6.07, 6.45) is 3.79. The average Bonchev–Trinajstić information content (AvgIpc) is 2.25. The van der Waals surface area contributed by atoms with E-state index in [0.29, 0.717) is 5.75 Å². The van der Waals surface area contributed by atoms with E-state index in [0.717, 1.165) is 10.9 Å². The maximum atomic E-state index is 10.7. The predicted octanol–water partition coefficient (Wildman–Crippen LogP) is 2.80. The van der Waals surface area contributed by atoms with Gasteiger partial charge >= 0.3 is 5.97 Å².